The van der Waals surface area contributed by atoms with E-state index in [1.54, 1.807) is 4.90 Å². The molecule has 1 aromatic heterocycles. The second-order valence-corrected chi connectivity index (χ2v) is 4.36. The number of carbonyl (C=O) groups is 1. The first-order valence-corrected chi connectivity index (χ1v) is 5.08. The van der Waals surface area contributed by atoms with Crippen molar-refractivity contribution in [2.24, 2.45) is 0 Å². The summed E-state index contributed by atoms with van der Waals surface area (Å²) in [7, 11) is 0. The summed E-state index contributed by atoms with van der Waals surface area (Å²) in [5.74, 6) is 0.0550. The number of hydrogen-bond donors (Lipinski definition) is 2. The third-order valence-corrected chi connectivity index (χ3v) is 2.60. The molecular formula is C9H15N5O2. The number of H-pyrrole nitrogens is 1. The van der Waals surface area contributed by atoms with Gasteiger partial charge in [0, 0.05) is 6.54 Å². The maximum atomic E-state index is 12.1. The Bertz CT molecular complexity index is 400. The van der Waals surface area contributed by atoms with Crippen LogP contribution >= 0.6 is 0 Å². The molecule has 7 nitrogen and oxygen atoms in total. The summed E-state index contributed by atoms with van der Waals surface area (Å²) in [6.07, 6.45) is 0. The van der Waals surface area contributed by atoms with E-state index in [2.05, 4.69) is 15.2 Å². The molecule has 1 fully saturated rings. The molecule has 88 valence electrons. The van der Waals surface area contributed by atoms with Crippen LogP contribution in [-0.4, -0.2) is 51.3 Å². The number of nitrogens with one attached hydrogen (secondary N) is 1. The largest absolute Gasteiger partial charge is 0.377 e. The monoisotopic (exact) mass is 225 g/mol. The van der Waals surface area contributed by atoms with Crippen LogP contribution in [0.4, 0.5) is 5.95 Å². The van der Waals surface area contributed by atoms with Crippen LogP contribution in [0.5, 0.6) is 0 Å². The summed E-state index contributed by atoms with van der Waals surface area (Å²) in [5, 5.41) is 6.17. The summed E-state index contributed by atoms with van der Waals surface area (Å²) in [4.78, 5) is 17.7. The molecule has 0 radical (unpaired) electrons. The molecule has 0 aliphatic carbocycles. The molecule has 0 bridgehead atoms. The average Bonchev–Trinajstić information content (AvgIpc) is 2.63. The number of nitrogens with zero attached hydrogens (tertiary/aromatic N) is 3. The number of aromatic nitrogens is 3. The Morgan fingerprint density at radius 2 is 2.38 bits per heavy atom. The van der Waals surface area contributed by atoms with Gasteiger partial charge < -0.3 is 15.4 Å². The third-order valence-electron chi connectivity index (χ3n) is 2.60. The topological polar surface area (TPSA) is 97.1 Å². The van der Waals surface area contributed by atoms with E-state index in [0.717, 1.165) is 0 Å². The first kappa shape index (κ1) is 10.9. The Balaban J connectivity index is 2.20. The summed E-state index contributed by atoms with van der Waals surface area (Å²) < 4.78 is 5.34. The highest BCUT2D eigenvalue weighted by atomic mass is 16.5. The van der Waals surface area contributed by atoms with E-state index < -0.39 is 0 Å². The van der Waals surface area contributed by atoms with E-state index in [-0.39, 0.29) is 23.2 Å². The predicted molar refractivity (Wildman–Crippen MR) is 56.7 cm³/mol. The van der Waals surface area contributed by atoms with Gasteiger partial charge in [0.05, 0.1) is 18.8 Å². The van der Waals surface area contributed by atoms with Crippen LogP contribution in [-0.2, 0) is 4.74 Å². The number of nitrogens with two attached hydrogens (primary N) is 1. The fourth-order valence-electron chi connectivity index (χ4n) is 1.73. The fourth-order valence-corrected chi connectivity index (χ4v) is 1.73. The zero-order valence-electron chi connectivity index (χ0n) is 9.36. The van der Waals surface area contributed by atoms with Gasteiger partial charge in [-0.15, -0.1) is 5.10 Å². The molecule has 7 heteroatoms. The van der Waals surface area contributed by atoms with Gasteiger partial charge >= 0.3 is 0 Å². The Labute approximate surface area is 93.0 Å². The fraction of sp³-hybridized carbons (Fsp3) is 0.667. The predicted octanol–water partition coefficient (Wildman–Crippen LogP) is -0.362. The van der Waals surface area contributed by atoms with Crippen molar-refractivity contribution in [3.8, 4) is 0 Å². The van der Waals surface area contributed by atoms with Crippen molar-refractivity contribution in [3.63, 3.8) is 0 Å². The van der Waals surface area contributed by atoms with Crippen LogP contribution in [0.1, 0.15) is 24.5 Å². The van der Waals surface area contributed by atoms with Crippen molar-refractivity contribution in [1.29, 1.82) is 0 Å². The second-order valence-electron chi connectivity index (χ2n) is 4.36. The zero-order chi connectivity index (χ0) is 11.8. The lowest BCUT2D eigenvalue weighted by atomic mass is 10.0. The Kier molecular flexibility index (Phi) is 2.55. The molecule has 16 heavy (non-hydrogen) atoms. The van der Waals surface area contributed by atoms with E-state index in [1.165, 1.54) is 0 Å². The molecule has 2 heterocycles. The number of nitrogen functional groups attached to an aromatic ring is 1. The van der Waals surface area contributed by atoms with Crippen LogP contribution in [0, 0.1) is 0 Å². The first-order chi connectivity index (χ1) is 7.50. The van der Waals surface area contributed by atoms with Gasteiger partial charge in [0.2, 0.25) is 11.8 Å². The van der Waals surface area contributed by atoms with Gasteiger partial charge in [-0.3, -0.25) is 9.89 Å². The molecule has 1 aromatic rings. The van der Waals surface area contributed by atoms with Crippen molar-refractivity contribution in [2.75, 3.05) is 25.5 Å². The molecule has 0 aromatic carbocycles. The lowest BCUT2D eigenvalue weighted by Crippen LogP contribution is -2.55. The summed E-state index contributed by atoms with van der Waals surface area (Å²) in [6.45, 7) is 5.50. The highest BCUT2D eigenvalue weighted by Crippen LogP contribution is 2.20. The SMILES string of the molecule is CC1(C)COCCN1C(=O)c1nc(N)n[nH]1. The number of ether oxygens (including phenoxy) is 1. The van der Waals surface area contributed by atoms with E-state index in [1.807, 2.05) is 13.8 Å². The van der Waals surface area contributed by atoms with Gasteiger partial charge in [0.15, 0.2) is 0 Å². The molecule has 1 aliphatic rings. The van der Waals surface area contributed by atoms with Gasteiger partial charge in [-0.2, -0.15) is 4.98 Å². The molecule has 3 N–H and O–H groups in total. The molecule has 1 aliphatic heterocycles. The number of morpholine rings is 1. The van der Waals surface area contributed by atoms with Crippen LogP contribution in [0.2, 0.25) is 0 Å². The number of aromatic amines is 1. The highest BCUT2D eigenvalue weighted by Gasteiger charge is 2.35. The normalized spacial score (nSPS) is 19.8. The van der Waals surface area contributed by atoms with Crippen LogP contribution in [0.25, 0.3) is 0 Å². The molecule has 0 atom stereocenters. The van der Waals surface area contributed by atoms with Crippen molar-refractivity contribution >= 4 is 11.9 Å². The van der Waals surface area contributed by atoms with Crippen molar-refractivity contribution in [3.05, 3.63) is 5.82 Å². The smallest absolute Gasteiger partial charge is 0.291 e. The third kappa shape index (κ3) is 1.85. The molecule has 0 saturated carbocycles. The van der Waals surface area contributed by atoms with Crippen LogP contribution < -0.4 is 5.73 Å². The molecule has 2 rings (SSSR count). The van der Waals surface area contributed by atoms with E-state index in [0.29, 0.717) is 19.8 Å². The number of carbonyl (C=O) groups excluding carboxylic acids is 1. The minimum Gasteiger partial charge on any atom is -0.377 e. The van der Waals surface area contributed by atoms with Gasteiger partial charge in [0.25, 0.3) is 5.91 Å². The van der Waals surface area contributed by atoms with Gasteiger partial charge in [-0.1, -0.05) is 0 Å². The van der Waals surface area contributed by atoms with E-state index in [4.69, 9.17) is 10.5 Å². The summed E-state index contributed by atoms with van der Waals surface area (Å²) in [6, 6.07) is 0. The standard InChI is InChI=1S/C9H15N5O2/c1-9(2)5-16-4-3-14(9)7(15)6-11-8(10)13-12-6/h3-5H2,1-2H3,(H3,10,11,12,13). The van der Waals surface area contributed by atoms with Crippen molar-refractivity contribution < 1.29 is 9.53 Å². The first-order valence-electron chi connectivity index (χ1n) is 5.08. The van der Waals surface area contributed by atoms with Crippen LogP contribution in [0.3, 0.4) is 0 Å². The van der Waals surface area contributed by atoms with E-state index >= 15 is 0 Å². The number of amides is 1. The highest BCUT2D eigenvalue weighted by molar-refractivity contribution is 5.91. The molecule has 0 spiro atoms. The van der Waals surface area contributed by atoms with Crippen LogP contribution in [0.15, 0.2) is 0 Å². The van der Waals surface area contributed by atoms with Crippen molar-refractivity contribution in [1.82, 2.24) is 20.1 Å². The molecular weight excluding hydrogens is 210 g/mol. The minimum atomic E-state index is -0.336. The van der Waals surface area contributed by atoms with Gasteiger partial charge in [-0.25, -0.2) is 0 Å². The summed E-state index contributed by atoms with van der Waals surface area (Å²) in [5.41, 5.74) is 5.03. The van der Waals surface area contributed by atoms with Crippen molar-refractivity contribution in [2.45, 2.75) is 19.4 Å². The summed E-state index contributed by atoms with van der Waals surface area (Å²) >= 11 is 0. The Morgan fingerprint density at radius 1 is 1.62 bits per heavy atom. The maximum Gasteiger partial charge on any atom is 0.291 e. The zero-order valence-corrected chi connectivity index (χ0v) is 9.36. The molecule has 0 unspecified atom stereocenters. The number of rotatable bonds is 1. The lowest BCUT2D eigenvalue weighted by molar-refractivity contribution is -0.0375. The molecule has 1 amide bonds. The number of hydrogen-bond acceptors (Lipinski definition) is 5. The van der Waals surface area contributed by atoms with Gasteiger partial charge in [-0.05, 0) is 13.8 Å². The maximum absolute atomic E-state index is 12.1. The average molecular weight is 225 g/mol. The second kappa shape index (κ2) is 3.75. The number of anilines is 1. The Morgan fingerprint density at radius 3 is 2.94 bits per heavy atom. The van der Waals surface area contributed by atoms with E-state index in [9.17, 15) is 4.79 Å². The molecule has 1 saturated heterocycles. The lowest BCUT2D eigenvalue weighted by Gasteiger charge is -2.41. The minimum absolute atomic E-state index is 0.0782. The quantitative estimate of drug-likeness (QED) is 0.680. The Hall–Kier alpha value is -1.63. The van der Waals surface area contributed by atoms with Gasteiger partial charge in [0.1, 0.15) is 0 Å².